The van der Waals surface area contributed by atoms with Crippen LogP contribution >= 0.6 is 27.3 Å². The number of imidazole rings is 1. The summed E-state index contributed by atoms with van der Waals surface area (Å²) in [5.41, 5.74) is 1.09. The van der Waals surface area contributed by atoms with Crippen LogP contribution in [0.5, 0.6) is 0 Å². The Morgan fingerprint density at radius 3 is 2.94 bits per heavy atom. The molecule has 2 rings (SSSR count). The van der Waals surface area contributed by atoms with Crippen LogP contribution in [0.1, 0.15) is 24.4 Å². The molecule has 0 aromatic carbocycles. The van der Waals surface area contributed by atoms with Crippen LogP contribution in [0.2, 0.25) is 0 Å². The number of thiophene rings is 1. The van der Waals surface area contributed by atoms with Gasteiger partial charge < -0.3 is 9.88 Å². The first-order valence-corrected chi connectivity index (χ1v) is 7.22. The molecular weight excluding hydrogens is 298 g/mol. The molecular formula is C12H16BrN3S. The van der Waals surface area contributed by atoms with Crippen molar-refractivity contribution in [2.75, 3.05) is 0 Å². The standard InChI is InChI=1S/C12H16BrN3S/c1-9(2)14-5-10-6-16(8-15-10)7-11-3-4-12(13)17-11/h3-4,6,8-9,14H,5,7H2,1-2H3. The Bertz CT molecular complexity index is 476. The highest BCUT2D eigenvalue weighted by Crippen LogP contribution is 2.22. The molecule has 92 valence electrons. The maximum Gasteiger partial charge on any atom is 0.0953 e. The van der Waals surface area contributed by atoms with Crippen LogP contribution in [0, 0.1) is 0 Å². The second-order valence-electron chi connectivity index (χ2n) is 4.28. The molecule has 0 spiro atoms. The second kappa shape index (κ2) is 5.80. The van der Waals surface area contributed by atoms with Gasteiger partial charge in [-0.3, -0.25) is 0 Å². The summed E-state index contributed by atoms with van der Waals surface area (Å²) in [6.07, 6.45) is 3.99. The molecule has 2 aromatic rings. The lowest BCUT2D eigenvalue weighted by atomic mass is 10.3. The molecule has 3 nitrogen and oxygen atoms in total. The summed E-state index contributed by atoms with van der Waals surface area (Å²) in [4.78, 5) is 5.72. The third kappa shape index (κ3) is 3.94. The van der Waals surface area contributed by atoms with Crippen LogP contribution in [0.3, 0.4) is 0 Å². The van der Waals surface area contributed by atoms with E-state index in [0.717, 1.165) is 18.8 Å². The molecule has 0 fully saturated rings. The minimum absolute atomic E-state index is 0.494. The minimum atomic E-state index is 0.494. The predicted molar refractivity (Wildman–Crippen MR) is 75.3 cm³/mol. The highest BCUT2D eigenvalue weighted by molar-refractivity contribution is 9.11. The van der Waals surface area contributed by atoms with Crippen molar-refractivity contribution in [1.82, 2.24) is 14.9 Å². The normalized spacial score (nSPS) is 11.3. The second-order valence-corrected chi connectivity index (χ2v) is 6.83. The van der Waals surface area contributed by atoms with E-state index < -0.39 is 0 Å². The van der Waals surface area contributed by atoms with Gasteiger partial charge in [0.25, 0.3) is 0 Å². The van der Waals surface area contributed by atoms with Gasteiger partial charge in [-0.15, -0.1) is 11.3 Å². The van der Waals surface area contributed by atoms with Gasteiger partial charge in [0.05, 0.1) is 22.4 Å². The molecule has 0 aliphatic rings. The van der Waals surface area contributed by atoms with Gasteiger partial charge in [0.2, 0.25) is 0 Å². The van der Waals surface area contributed by atoms with Crippen LogP contribution < -0.4 is 5.32 Å². The number of aromatic nitrogens is 2. The zero-order chi connectivity index (χ0) is 12.3. The van der Waals surface area contributed by atoms with E-state index in [1.807, 2.05) is 6.33 Å². The fraction of sp³-hybridized carbons (Fsp3) is 0.417. The minimum Gasteiger partial charge on any atom is -0.332 e. The summed E-state index contributed by atoms with van der Waals surface area (Å²) in [7, 11) is 0. The van der Waals surface area contributed by atoms with Crippen molar-refractivity contribution in [1.29, 1.82) is 0 Å². The molecule has 1 N–H and O–H groups in total. The Balaban J connectivity index is 1.94. The topological polar surface area (TPSA) is 29.9 Å². The molecule has 0 aliphatic heterocycles. The van der Waals surface area contributed by atoms with Crippen LogP contribution in [0.25, 0.3) is 0 Å². The molecule has 0 saturated heterocycles. The Hall–Kier alpha value is -0.650. The maximum absolute atomic E-state index is 4.38. The van der Waals surface area contributed by atoms with Crippen LogP contribution in [-0.2, 0) is 13.1 Å². The van der Waals surface area contributed by atoms with E-state index in [2.05, 4.69) is 63.0 Å². The first kappa shape index (κ1) is 12.8. The first-order chi connectivity index (χ1) is 8.13. The average Bonchev–Trinajstić information content (AvgIpc) is 2.86. The van der Waals surface area contributed by atoms with E-state index in [1.165, 1.54) is 8.66 Å². The number of hydrogen-bond acceptors (Lipinski definition) is 3. The van der Waals surface area contributed by atoms with Crippen molar-refractivity contribution in [3.8, 4) is 0 Å². The molecule has 0 saturated carbocycles. The van der Waals surface area contributed by atoms with Gasteiger partial charge >= 0.3 is 0 Å². The zero-order valence-electron chi connectivity index (χ0n) is 9.98. The Kier molecular flexibility index (Phi) is 4.36. The summed E-state index contributed by atoms with van der Waals surface area (Å²) in [5, 5.41) is 3.36. The average molecular weight is 314 g/mol. The molecule has 0 radical (unpaired) electrons. The summed E-state index contributed by atoms with van der Waals surface area (Å²) in [6, 6.07) is 4.72. The van der Waals surface area contributed by atoms with E-state index in [9.17, 15) is 0 Å². The van der Waals surface area contributed by atoms with Gasteiger partial charge in [0.15, 0.2) is 0 Å². The predicted octanol–water partition coefficient (Wildman–Crippen LogP) is 3.25. The van der Waals surface area contributed by atoms with Crippen molar-refractivity contribution in [2.45, 2.75) is 33.0 Å². The fourth-order valence-electron chi connectivity index (χ4n) is 1.51. The van der Waals surface area contributed by atoms with Gasteiger partial charge in [-0.2, -0.15) is 0 Å². The summed E-state index contributed by atoms with van der Waals surface area (Å²) in [5.74, 6) is 0. The van der Waals surface area contributed by atoms with Crippen LogP contribution in [0.4, 0.5) is 0 Å². The number of nitrogens with zero attached hydrogens (tertiary/aromatic N) is 2. The molecule has 5 heteroatoms. The monoisotopic (exact) mass is 313 g/mol. The summed E-state index contributed by atoms with van der Waals surface area (Å²) < 4.78 is 3.30. The SMILES string of the molecule is CC(C)NCc1cn(Cc2ccc(Br)s2)cn1. The molecule has 0 bridgehead atoms. The molecule has 2 aromatic heterocycles. The van der Waals surface area contributed by atoms with Crippen molar-refractivity contribution in [3.05, 3.63) is 39.0 Å². The van der Waals surface area contributed by atoms with Crippen molar-refractivity contribution in [2.24, 2.45) is 0 Å². The molecule has 17 heavy (non-hydrogen) atoms. The van der Waals surface area contributed by atoms with E-state index in [-0.39, 0.29) is 0 Å². The number of rotatable bonds is 5. The maximum atomic E-state index is 4.38. The largest absolute Gasteiger partial charge is 0.332 e. The van der Waals surface area contributed by atoms with E-state index >= 15 is 0 Å². The van der Waals surface area contributed by atoms with Crippen molar-refractivity contribution < 1.29 is 0 Å². The van der Waals surface area contributed by atoms with E-state index in [1.54, 1.807) is 11.3 Å². The lowest BCUT2D eigenvalue weighted by Gasteiger charge is -2.04. The van der Waals surface area contributed by atoms with Crippen LogP contribution in [-0.4, -0.2) is 15.6 Å². The molecule has 0 unspecified atom stereocenters. The van der Waals surface area contributed by atoms with Crippen LogP contribution in [0.15, 0.2) is 28.4 Å². The highest BCUT2D eigenvalue weighted by Gasteiger charge is 2.02. The molecule has 0 aliphatic carbocycles. The fourth-order valence-corrected chi connectivity index (χ4v) is 3.00. The Morgan fingerprint density at radius 1 is 1.47 bits per heavy atom. The van der Waals surface area contributed by atoms with Gasteiger partial charge in [0, 0.05) is 23.7 Å². The Labute approximate surface area is 114 Å². The summed E-state index contributed by atoms with van der Waals surface area (Å²) in [6.45, 7) is 6.00. The van der Waals surface area contributed by atoms with Gasteiger partial charge in [-0.1, -0.05) is 13.8 Å². The highest BCUT2D eigenvalue weighted by atomic mass is 79.9. The number of hydrogen-bond donors (Lipinski definition) is 1. The van der Waals surface area contributed by atoms with E-state index in [0.29, 0.717) is 6.04 Å². The number of nitrogens with one attached hydrogen (secondary N) is 1. The third-order valence-corrected chi connectivity index (χ3v) is 3.95. The van der Waals surface area contributed by atoms with Crippen molar-refractivity contribution >= 4 is 27.3 Å². The van der Waals surface area contributed by atoms with Gasteiger partial charge in [0.1, 0.15) is 0 Å². The smallest absolute Gasteiger partial charge is 0.0953 e. The first-order valence-electron chi connectivity index (χ1n) is 5.62. The van der Waals surface area contributed by atoms with Gasteiger partial charge in [-0.05, 0) is 28.1 Å². The third-order valence-electron chi connectivity index (χ3n) is 2.35. The van der Waals surface area contributed by atoms with E-state index in [4.69, 9.17) is 0 Å². The molecule has 0 atom stereocenters. The Morgan fingerprint density at radius 2 is 2.29 bits per heavy atom. The molecule has 2 heterocycles. The molecule has 0 amide bonds. The number of halogens is 1. The quantitative estimate of drug-likeness (QED) is 0.918. The van der Waals surface area contributed by atoms with Gasteiger partial charge in [-0.25, -0.2) is 4.98 Å². The lowest BCUT2D eigenvalue weighted by Crippen LogP contribution is -2.21. The van der Waals surface area contributed by atoms with Crippen molar-refractivity contribution in [3.63, 3.8) is 0 Å². The zero-order valence-corrected chi connectivity index (χ0v) is 12.4. The lowest BCUT2D eigenvalue weighted by molar-refractivity contribution is 0.582. The summed E-state index contributed by atoms with van der Waals surface area (Å²) >= 11 is 5.24.